The van der Waals surface area contributed by atoms with Crippen molar-refractivity contribution >= 4 is 11.6 Å². The van der Waals surface area contributed by atoms with Crippen molar-refractivity contribution in [1.29, 1.82) is 0 Å². The lowest BCUT2D eigenvalue weighted by Gasteiger charge is -2.07. The molecule has 1 rings (SSSR count). The molecule has 1 amide bonds. The standard InChI is InChI=1S/C12H16FNO2/c1-8-3-5-10(7-11(8)13)14-12(16)6-4-9(2)15/h3,5,7,9,15H,4,6H2,1-2H3,(H,14,16). The Morgan fingerprint density at radius 1 is 1.56 bits per heavy atom. The molecule has 1 aromatic carbocycles. The number of benzene rings is 1. The zero-order valence-electron chi connectivity index (χ0n) is 9.46. The second-order valence-electron chi connectivity index (χ2n) is 3.90. The number of rotatable bonds is 4. The molecule has 0 saturated heterocycles. The quantitative estimate of drug-likeness (QED) is 0.825. The van der Waals surface area contributed by atoms with Gasteiger partial charge in [0.25, 0.3) is 0 Å². The number of aliphatic hydroxyl groups is 1. The summed E-state index contributed by atoms with van der Waals surface area (Å²) in [6.07, 6.45) is 0.133. The molecule has 3 nitrogen and oxygen atoms in total. The minimum Gasteiger partial charge on any atom is -0.393 e. The summed E-state index contributed by atoms with van der Waals surface area (Å²) in [7, 11) is 0. The lowest BCUT2D eigenvalue weighted by molar-refractivity contribution is -0.116. The van der Waals surface area contributed by atoms with E-state index < -0.39 is 6.10 Å². The maximum absolute atomic E-state index is 13.2. The van der Waals surface area contributed by atoms with Crippen molar-refractivity contribution in [2.75, 3.05) is 5.32 Å². The molecule has 0 aliphatic carbocycles. The summed E-state index contributed by atoms with van der Waals surface area (Å²) in [5.41, 5.74) is 0.987. The van der Waals surface area contributed by atoms with Crippen LogP contribution < -0.4 is 5.32 Å². The highest BCUT2D eigenvalue weighted by atomic mass is 19.1. The smallest absolute Gasteiger partial charge is 0.224 e. The van der Waals surface area contributed by atoms with Crippen molar-refractivity contribution in [2.45, 2.75) is 32.8 Å². The van der Waals surface area contributed by atoms with Gasteiger partial charge in [0.1, 0.15) is 5.82 Å². The highest BCUT2D eigenvalue weighted by Gasteiger charge is 2.06. The molecule has 0 bridgehead atoms. The second-order valence-corrected chi connectivity index (χ2v) is 3.90. The van der Waals surface area contributed by atoms with Gasteiger partial charge in [-0.2, -0.15) is 0 Å². The van der Waals surface area contributed by atoms with Gasteiger partial charge in [0.2, 0.25) is 5.91 Å². The van der Waals surface area contributed by atoms with Crippen LogP contribution in [0.5, 0.6) is 0 Å². The van der Waals surface area contributed by atoms with Gasteiger partial charge >= 0.3 is 0 Å². The van der Waals surface area contributed by atoms with Gasteiger partial charge < -0.3 is 10.4 Å². The van der Waals surface area contributed by atoms with Crippen LogP contribution in [-0.2, 0) is 4.79 Å². The molecule has 0 fully saturated rings. The summed E-state index contributed by atoms with van der Waals surface area (Å²) >= 11 is 0. The topological polar surface area (TPSA) is 49.3 Å². The number of carbonyl (C=O) groups excluding carboxylic acids is 1. The van der Waals surface area contributed by atoms with Crippen molar-refractivity contribution in [3.05, 3.63) is 29.6 Å². The molecule has 0 aliphatic rings. The van der Waals surface area contributed by atoms with Crippen LogP contribution in [0, 0.1) is 12.7 Å². The molecule has 0 spiro atoms. The normalized spacial score (nSPS) is 12.2. The highest BCUT2D eigenvalue weighted by molar-refractivity contribution is 5.90. The first-order chi connectivity index (χ1) is 7.49. The first-order valence-corrected chi connectivity index (χ1v) is 5.23. The minimum absolute atomic E-state index is 0.218. The molecule has 1 unspecified atom stereocenters. The maximum atomic E-state index is 13.2. The van der Waals surface area contributed by atoms with Gasteiger partial charge in [0.15, 0.2) is 0 Å². The monoisotopic (exact) mass is 225 g/mol. The lowest BCUT2D eigenvalue weighted by Crippen LogP contribution is -2.14. The molecule has 16 heavy (non-hydrogen) atoms. The number of amides is 1. The van der Waals surface area contributed by atoms with Gasteiger partial charge in [-0.3, -0.25) is 4.79 Å². The van der Waals surface area contributed by atoms with Gasteiger partial charge in [0, 0.05) is 12.1 Å². The second kappa shape index (κ2) is 5.61. The predicted molar refractivity (Wildman–Crippen MR) is 60.7 cm³/mol. The van der Waals surface area contributed by atoms with Crippen LogP contribution in [0.2, 0.25) is 0 Å². The van der Waals surface area contributed by atoms with Crippen molar-refractivity contribution in [2.24, 2.45) is 0 Å². The molecular formula is C12H16FNO2. The van der Waals surface area contributed by atoms with Crippen molar-refractivity contribution in [3.8, 4) is 0 Å². The maximum Gasteiger partial charge on any atom is 0.224 e. The summed E-state index contributed by atoms with van der Waals surface area (Å²) in [4.78, 5) is 11.4. The third-order valence-electron chi connectivity index (χ3n) is 2.24. The fourth-order valence-corrected chi connectivity index (χ4v) is 1.23. The van der Waals surface area contributed by atoms with E-state index in [9.17, 15) is 9.18 Å². The number of aryl methyl sites for hydroxylation is 1. The van der Waals surface area contributed by atoms with Crippen LogP contribution in [0.1, 0.15) is 25.3 Å². The fourth-order valence-electron chi connectivity index (χ4n) is 1.23. The summed E-state index contributed by atoms with van der Waals surface area (Å²) in [6.45, 7) is 3.28. The lowest BCUT2D eigenvalue weighted by atomic mass is 10.2. The van der Waals surface area contributed by atoms with Crippen LogP contribution in [0.25, 0.3) is 0 Å². The van der Waals surface area contributed by atoms with Gasteiger partial charge in [-0.15, -0.1) is 0 Å². The Balaban J connectivity index is 2.53. The average Bonchev–Trinajstić information content (AvgIpc) is 2.21. The van der Waals surface area contributed by atoms with Gasteiger partial charge in [-0.1, -0.05) is 6.07 Å². The van der Waals surface area contributed by atoms with Crippen LogP contribution in [0.3, 0.4) is 0 Å². The molecule has 2 N–H and O–H groups in total. The largest absolute Gasteiger partial charge is 0.393 e. The van der Waals surface area contributed by atoms with E-state index in [2.05, 4.69) is 5.32 Å². The van der Waals surface area contributed by atoms with E-state index in [0.29, 0.717) is 17.7 Å². The van der Waals surface area contributed by atoms with Gasteiger partial charge in [-0.05, 0) is 38.0 Å². The Labute approximate surface area is 94.3 Å². The van der Waals surface area contributed by atoms with Gasteiger partial charge in [0.05, 0.1) is 6.10 Å². The molecule has 0 aromatic heterocycles. The average molecular weight is 225 g/mol. The molecule has 1 atom stereocenters. The van der Waals surface area contributed by atoms with Crippen molar-refractivity contribution in [3.63, 3.8) is 0 Å². The molecule has 0 aliphatic heterocycles. The van der Waals surface area contributed by atoms with Crippen LogP contribution >= 0.6 is 0 Å². The third-order valence-corrected chi connectivity index (χ3v) is 2.24. The van der Waals surface area contributed by atoms with Crippen molar-refractivity contribution < 1.29 is 14.3 Å². The molecule has 0 heterocycles. The Hall–Kier alpha value is -1.42. The van der Waals surface area contributed by atoms with E-state index in [1.165, 1.54) is 6.07 Å². The summed E-state index contributed by atoms with van der Waals surface area (Å²) in [5, 5.41) is 11.6. The van der Waals surface area contributed by atoms with Crippen LogP contribution in [0.15, 0.2) is 18.2 Å². The minimum atomic E-state index is -0.500. The number of nitrogens with one attached hydrogen (secondary N) is 1. The Kier molecular flexibility index (Phi) is 4.43. The first kappa shape index (κ1) is 12.6. The van der Waals surface area contributed by atoms with Gasteiger partial charge in [-0.25, -0.2) is 4.39 Å². The number of hydrogen-bond donors (Lipinski definition) is 2. The van der Waals surface area contributed by atoms with Crippen LogP contribution in [-0.4, -0.2) is 17.1 Å². The molecule has 0 saturated carbocycles. The number of aliphatic hydroxyl groups excluding tert-OH is 1. The Morgan fingerprint density at radius 2 is 2.25 bits per heavy atom. The van der Waals surface area contributed by atoms with E-state index in [4.69, 9.17) is 5.11 Å². The fraction of sp³-hybridized carbons (Fsp3) is 0.417. The highest BCUT2D eigenvalue weighted by Crippen LogP contribution is 2.14. The number of carbonyl (C=O) groups is 1. The third kappa shape index (κ3) is 3.98. The van der Waals surface area contributed by atoms with E-state index >= 15 is 0 Å². The summed E-state index contributed by atoms with van der Waals surface area (Å²) in [5.74, 6) is -0.558. The summed E-state index contributed by atoms with van der Waals surface area (Å²) < 4.78 is 13.2. The van der Waals surface area contributed by atoms with E-state index in [1.54, 1.807) is 26.0 Å². The number of hydrogen-bond acceptors (Lipinski definition) is 2. The zero-order chi connectivity index (χ0) is 12.1. The molecular weight excluding hydrogens is 209 g/mol. The first-order valence-electron chi connectivity index (χ1n) is 5.23. The molecule has 88 valence electrons. The molecule has 4 heteroatoms. The number of halogens is 1. The van der Waals surface area contributed by atoms with Crippen LogP contribution in [0.4, 0.5) is 10.1 Å². The van der Waals surface area contributed by atoms with Crippen molar-refractivity contribution in [1.82, 2.24) is 0 Å². The van der Waals surface area contributed by atoms with E-state index in [1.807, 2.05) is 0 Å². The van der Waals surface area contributed by atoms with E-state index in [-0.39, 0.29) is 18.1 Å². The molecule has 1 aromatic rings. The summed E-state index contributed by atoms with van der Waals surface area (Å²) in [6, 6.07) is 4.55. The Morgan fingerprint density at radius 3 is 2.81 bits per heavy atom. The SMILES string of the molecule is Cc1ccc(NC(=O)CCC(C)O)cc1F. The molecule has 0 radical (unpaired) electrons. The number of anilines is 1. The van der Waals surface area contributed by atoms with E-state index in [0.717, 1.165) is 0 Å². The predicted octanol–water partition coefficient (Wildman–Crippen LogP) is 2.23. The Bertz CT molecular complexity index is 377. The zero-order valence-corrected chi connectivity index (χ0v) is 9.46.